The summed E-state index contributed by atoms with van der Waals surface area (Å²) >= 11 is 5.96. The molecule has 0 atom stereocenters. The van der Waals surface area contributed by atoms with Gasteiger partial charge in [-0.2, -0.15) is 0 Å². The van der Waals surface area contributed by atoms with E-state index < -0.39 is 0 Å². The first-order valence-electron chi connectivity index (χ1n) is 8.71. The van der Waals surface area contributed by atoms with Gasteiger partial charge < -0.3 is 5.32 Å². The smallest absolute Gasteiger partial charge is 0.131 e. The van der Waals surface area contributed by atoms with Crippen molar-refractivity contribution in [3.63, 3.8) is 0 Å². The number of anilines is 2. The molecule has 0 fully saturated rings. The van der Waals surface area contributed by atoms with Gasteiger partial charge >= 0.3 is 0 Å². The Kier molecular flexibility index (Phi) is 5.87. The number of nitrogens with zero attached hydrogens (tertiary/aromatic N) is 2. The van der Waals surface area contributed by atoms with E-state index in [1.165, 1.54) is 6.07 Å². The van der Waals surface area contributed by atoms with Crippen molar-refractivity contribution >= 4 is 28.5 Å². The van der Waals surface area contributed by atoms with Crippen molar-refractivity contribution in [3.05, 3.63) is 78.6 Å². The second-order valence-corrected chi connectivity index (χ2v) is 6.84. The van der Waals surface area contributed by atoms with E-state index >= 15 is 0 Å². The Hall–Kier alpha value is -2.72. The Morgan fingerprint density at radius 2 is 1.96 bits per heavy atom. The molecule has 1 N–H and O–H groups in total. The van der Waals surface area contributed by atoms with Crippen LogP contribution >= 0.6 is 11.6 Å². The molecule has 5 heteroatoms. The summed E-state index contributed by atoms with van der Waals surface area (Å²) < 4.78 is 14.2. The molecule has 3 aromatic rings. The number of alkyl halides is 1. The summed E-state index contributed by atoms with van der Waals surface area (Å²) in [4.78, 5) is 8.76. The lowest BCUT2D eigenvalue weighted by Crippen LogP contribution is -2.04. The Balaban J connectivity index is 2.08. The van der Waals surface area contributed by atoms with Gasteiger partial charge in [-0.05, 0) is 29.7 Å². The minimum Gasteiger partial charge on any atom is -0.353 e. The molecule has 1 aromatic carbocycles. The fourth-order valence-corrected chi connectivity index (χ4v) is 3.02. The zero-order valence-corrected chi connectivity index (χ0v) is 16.1. The third kappa shape index (κ3) is 4.17. The summed E-state index contributed by atoms with van der Waals surface area (Å²) in [5.41, 5.74) is 5.41. The number of aromatic nitrogens is 2. The molecule has 138 valence electrons. The van der Waals surface area contributed by atoms with Crippen LogP contribution in [0.5, 0.6) is 0 Å². The number of hydrogen-bond donors (Lipinski definition) is 1. The van der Waals surface area contributed by atoms with Crippen LogP contribution in [-0.4, -0.2) is 15.8 Å². The lowest BCUT2D eigenvalue weighted by molar-refractivity contribution is 0.631. The number of benzene rings is 1. The van der Waals surface area contributed by atoms with E-state index in [-0.39, 0.29) is 11.7 Å². The second kappa shape index (κ2) is 8.31. The molecule has 0 bridgehead atoms. The standard InChI is InChI=1S/C22H21ClFN3/c1-14(2)22-21(27-20-8-9-25-13-18(20)15(3)11-23)10-16(12-26-22)17-6-4-5-7-19(17)24/h4-10,12-14H,3,11H2,1-2H3,(H,25,27). The van der Waals surface area contributed by atoms with Gasteiger partial charge in [-0.15, -0.1) is 11.6 Å². The monoisotopic (exact) mass is 381 g/mol. The van der Waals surface area contributed by atoms with Gasteiger partial charge in [0.15, 0.2) is 0 Å². The minimum absolute atomic E-state index is 0.198. The summed E-state index contributed by atoms with van der Waals surface area (Å²) in [6.07, 6.45) is 5.15. The molecular weight excluding hydrogens is 361 g/mol. The molecule has 0 unspecified atom stereocenters. The van der Waals surface area contributed by atoms with Crippen LogP contribution in [0.2, 0.25) is 0 Å². The van der Waals surface area contributed by atoms with Gasteiger partial charge in [0.1, 0.15) is 5.82 Å². The molecule has 0 aliphatic carbocycles. The van der Waals surface area contributed by atoms with E-state index in [2.05, 4.69) is 35.7 Å². The van der Waals surface area contributed by atoms with Crippen LogP contribution in [0.4, 0.5) is 15.8 Å². The van der Waals surface area contributed by atoms with Crippen LogP contribution < -0.4 is 5.32 Å². The summed E-state index contributed by atoms with van der Waals surface area (Å²) in [5, 5.41) is 3.42. The quantitative estimate of drug-likeness (QED) is 0.502. The summed E-state index contributed by atoms with van der Waals surface area (Å²) in [7, 11) is 0. The molecule has 0 amide bonds. The number of hydrogen-bond acceptors (Lipinski definition) is 3. The van der Waals surface area contributed by atoms with Gasteiger partial charge in [0.2, 0.25) is 0 Å². The van der Waals surface area contributed by atoms with Crippen molar-refractivity contribution in [1.29, 1.82) is 0 Å². The van der Waals surface area contributed by atoms with Crippen molar-refractivity contribution in [2.75, 3.05) is 11.2 Å². The zero-order valence-electron chi connectivity index (χ0n) is 15.3. The molecule has 3 nitrogen and oxygen atoms in total. The largest absolute Gasteiger partial charge is 0.353 e. The van der Waals surface area contributed by atoms with E-state index in [0.717, 1.165) is 28.2 Å². The topological polar surface area (TPSA) is 37.8 Å². The Morgan fingerprint density at radius 1 is 1.19 bits per heavy atom. The van der Waals surface area contributed by atoms with E-state index in [0.29, 0.717) is 17.0 Å². The van der Waals surface area contributed by atoms with Gasteiger partial charge in [-0.3, -0.25) is 9.97 Å². The molecule has 0 saturated heterocycles. The maximum Gasteiger partial charge on any atom is 0.131 e. The molecule has 2 aromatic heterocycles. The number of halogens is 2. The Morgan fingerprint density at radius 3 is 2.67 bits per heavy atom. The zero-order chi connectivity index (χ0) is 19.4. The molecule has 2 heterocycles. The van der Waals surface area contributed by atoms with E-state index in [1.807, 2.05) is 18.2 Å². The average Bonchev–Trinajstić information content (AvgIpc) is 2.68. The van der Waals surface area contributed by atoms with Gasteiger partial charge in [0.25, 0.3) is 0 Å². The van der Waals surface area contributed by atoms with Crippen molar-refractivity contribution in [2.24, 2.45) is 0 Å². The maximum absolute atomic E-state index is 14.2. The first-order chi connectivity index (χ1) is 13.0. The van der Waals surface area contributed by atoms with E-state index in [9.17, 15) is 4.39 Å². The molecule has 0 aliphatic heterocycles. The van der Waals surface area contributed by atoms with Crippen LogP contribution in [0.3, 0.4) is 0 Å². The fraction of sp³-hybridized carbons (Fsp3) is 0.182. The highest BCUT2D eigenvalue weighted by atomic mass is 35.5. The van der Waals surface area contributed by atoms with Crippen molar-refractivity contribution in [1.82, 2.24) is 9.97 Å². The first kappa shape index (κ1) is 19.1. The second-order valence-electron chi connectivity index (χ2n) is 6.57. The number of nitrogens with one attached hydrogen (secondary N) is 1. The molecule has 0 spiro atoms. The maximum atomic E-state index is 14.2. The molecule has 0 radical (unpaired) electrons. The molecule has 3 rings (SSSR count). The predicted octanol–water partition coefficient (Wildman–Crippen LogP) is 6.40. The SMILES string of the molecule is C=C(CCl)c1cnccc1Nc1cc(-c2ccccc2F)cnc1C(C)C. The van der Waals surface area contributed by atoms with Gasteiger partial charge in [0, 0.05) is 46.8 Å². The molecule has 0 saturated carbocycles. The van der Waals surface area contributed by atoms with Crippen LogP contribution in [0.15, 0.2) is 61.6 Å². The number of rotatable bonds is 6. The van der Waals surface area contributed by atoms with Crippen molar-refractivity contribution < 1.29 is 4.39 Å². The van der Waals surface area contributed by atoms with E-state index in [4.69, 9.17) is 11.6 Å². The minimum atomic E-state index is -0.275. The summed E-state index contributed by atoms with van der Waals surface area (Å²) in [6.45, 7) is 8.14. The molecular formula is C22H21ClFN3. The summed E-state index contributed by atoms with van der Waals surface area (Å²) in [6, 6.07) is 10.5. The summed E-state index contributed by atoms with van der Waals surface area (Å²) in [5.74, 6) is 0.233. The third-order valence-electron chi connectivity index (χ3n) is 4.28. The van der Waals surface area contributed by atoms with Crippen molar-refractivity contribution in [3.8, 4) is 11.1 Å². The lowest BCUT2D eigenvalue weighted by Gasteiger charge is -2.18. The normalized spacial score (nSPS) is 10.9. The first-order valence-corrected chi connectivity index (χ1v) is 9.24. The van der Waals surface area contributed by atoms with Crippen LogP contribution in [0, 0.1) is 5.82 Å². The molecule has 27 heavy (non-hydrogen) atoms. The van der Waals surface area contributed by atoms with Crippen molar-refractivity contribution in [2.45, 2.75) is 19.8 Å². The molecule has 0 aliphatic rings. The highest BCUT2D eigenvalue weighted by molar-refractivity contribution is 6.23. The van der Waals surface area contributed by atoms with Crippen LogP contribution in [0.25, 0.3) is 16.7 Å². The number of pyridine rings is 2. The van der Waals surface area contributed by atoms with Crippen LogP contribution in [0.1, 0.15) is 31.0 Å². The predicted molar refractivity (Wildman–Crippen MR) is 111 cm³/mol. The van der Waals surface area contributed by atoms with Crippen LogP contribution in [-0.2, 0) is 0 Å². The number of allylic oxidation sites excluding steroid dienone is 1. The van der Waals surface area contributed by atoms with E-state index in [1.54, 1.807) is 30.7 Å². The van der Waals surface area contributed by atoms with Gasteiger partial charge in [0.05, 0.1) is 11.4 Å². The average molecular weight is 382 g/mol. The van der Waals surface area contributed by atoms with Gasteiger partial charge in [-0.1, -0.05) is 38.6 Å². The highest BCUT2D eigenvalue weighted by Gasteiger charge is 2.14. The fourth-order valence-electron chi connectivity index (χ4n) is 2.88. The highest BCUT2D eigenvalue weighted by Crippen LogP contribution is 2.33. The third-order valence-corrected chi connectivity index (χ3v) is 4.61. The Bertz CT molecular complexity index is 969. The lowest BCUT2D eigenvalue weighted by atomic mass is 10.0. The Labute approximate surface area is 164 Å². The van der Waals surface area contributed by atoms with Gasteiger partial charge in [-0.25, -0.2) is 4.39 Å².